The number of rotatable bonds is 36. The van der Waals surface area contributed by atoms with Gasteiger partial charge < -0.3 is 35.4 Å². The molecule has 0 saturated carbocycles. The molecule has 0 unspecified atom stereocenters. The minimum atomic E-state index is -1.28. The number of unbranched alkanes of at least 4 members (excludes halogenated alkanes) is 25. The highest BCUT2D eigenvalue weighted by molar-refractivity contribution is 5.76. The fourth-order valence-electron chi connectivity index (χ4n) is 7.39. The van der Waals surface area contributed by atoms with Gasteiger partial charge in [0.2, 0.25) is 5.91 Å². The van der Waals surface area contributed by atoms with E-state index in [1.165, 1.54) is 122 Å². The standard InChI is InChI=1S/C42H82N2O7/c1-3-5-7-9-11-13-15-16-17-18-19-20-22-24-27-31-37(46)44(34-30-25-23-21-14-12-10-8-6-4-2)42-39(41(50)40(49)36(35-45)51-42)43-33-29-26-28-32-38(47)48/h36,39-43,45,49-50H,3-35H2,1-2H3,(H,47,48)/t36-,39+,40-,41-,42-/m1/s1. The van der Waals surface area contributed by atoms with Gasteiger partial charge in [-0.2, -0.15) is 0 Å². The third kappa shape index (κ3) is 23.9. The Labute approximate surface area is 313 Å². The van der Waals surface area contributed by atoms with Crippen molar-refractivity contribution in [2.24, 2.45) is 0 Å². The summed E-state index contributed by atoms with van der Waals surface area (Å²) in [5, 5.41) is 44.1. The van der Waals surface area contributed by atoms with Crippen LogP contribution in [-0.2, 0) is 14.3 Å². The SMILES string of the molecule is CCCCCCCCCCCCCCCCCC(=O)N(CCCCCCCCCCCC)[C@@H]1O[C@H](CO)[C@@H](O)[C@H](O)[C@@H]1NCCCCCC(=O)O. The van der Waals surface area contributed by atoms with Gasteiger partial charge in [0, 0.05) is 19.4 Å². The number of carbonyl (C=O) groups excluding carboxylic acids is 1. The fraction of sp³-hybridized carbons (Fsp3) is 0.952. The van der Waals surface area contributed by atoms with Crippen molar-refractivity contribution in [1.82, 2.24) is 10.2 Å². The molecular weight excluding hydrogens is 644 g/mol. The molecule has 302 valence electrons. The monoisotopic (exact) mass is 727 g/mol. The first-order chi connectivity index (χ1) is 24.9. The number of ether oxygens (including phenoxy) is 1. The van der Waals surface area contributed by atoms with Crippen molar-refractivity contribution < 1.29 is 34.8 Å². The summed E-state index contributed by atoms with van der Waals surface area (Å²) in [4.78, 5) is 26.5. The summed E-state index contributed by atoms with van der Waals surface area (Å²) in [5.74, 6) is -0.813. The maximum atomic E-state index is 13.8. The van der Waals surface area contributed by atoms with E-state index in [9.17, 15) is 24.9 Å². The number of nitrogens with zero attached hydrogens (tertiary/aromatic N) is 1. The lowest BCUT2D eigenvalue weighted by Gasteiger charge is -2.47. The predicted molar refractivity (Wildman–Crippen MR) is 209 cm³/mol. The summed E-state index contributed by atoms with van der Waals surface area (Å²) in [6.07, 6.45) is 29.2. The molecule has 1 aliphatic heterocycles. The van der Waals surface area contributed by atoms with E-state index < -0.39 is 43.2 Å². The first-order valence-corrected chi connectivity index (χ1v) is 21.7. The van der Waals surface area contributed by atoms with Crippen LogP contribution in [0.1, 0.15) is 206 Å². The molecule has 0 aromatic heterocycles. The van der Waals surface area contributed by atoms with E-state index in [1.807, 2.05) is 0 Å². The number of carbonyl (C=O) groups is 2. The summed E-state index contributed by atoms with van der Waals surface area (Å²) in [5.41, 5.74) is 0. The molecule has 1 heterocycles. The average Bonchev–Trinajstić information content (AvgIpc) is 3.12. The number of aliphatic carboxylic acids is 1. The van der Waals surface area contributed by atoms with E-state index in [4.69, 9.17) is 9.84 Å². The van der Waals surface area contributed by atoms with E-state index in [1.54, 1.807) is 4.90 Å². The molecule has 0 aromatic rings. The number of hydrogen-bond acceptors (Lipinski definition) is 7. The van der Waals surface area contributed by atoms with E-state index in [0.717, 1.165) is 44.9 Å². The highest BCUT2D eigenvalue weighted by Crippen LogP contribution is 2.26. The van der Waals surface area contributed by atoms with Gasteiger partial charge >= 0.3 is 5.97 Å². The van der Waals surface area contributed by atoms with Crippen LogP contribution >= 0.6 is 0 Å². The maximum Gasteiger partial charge on any atom is 0.303 e. The Hall–Kier alpha value is -1.26. The average molecular weight is 727 g/mol. The van der Waals surface area contributed by atoms with Crippen LogP contribution in [0.4, 0.5) is 0 Å². The second kappa shape index (κ2) is 33.3. The van der Waals surface area contributed by atoms with Crippen LogP contribution in [-0.4, -0.2) is 87.5 Å². The minimum absolute atomic E-state index is 0.000781. The number of aliphatic hydroxyl groups excluding tert-OH is 3. The van der Waals surface area contributed by atoms with E-state index in [2.05, 4.69) is 19.2 Å². The normalized spacial score (nSPS) is 20.5. The van der Waals surface area contributed by atoms with Gasteiger partial charge in [-0.25, -0.2) is 0 Å². The summed E-state index contributed by atoms with van der Waals surface area (Å²) < 4.78 is 6.20. The zero-order valence-corrected chi connectivity index (χ0v) is 33.2. The zero-order valence-electron chi connectivity index (χ0n) is 33.2. The third-order valence-electron chi connectivity index (χ3n) is 10.7. The summed E-state index contributed by atoms with van der Waals surface area (Å²) in [6, 6.07) is -0.713. The topological polar surface area (TPSA) is 140 Å². The van der Waals surface area contributed by atoms with Crippen LogP contribution in [0.25, 0.3) is 0 Å². The molecule has 51 heavy (non-hydrogen) atoms. The smallest absolute Gasteiger partial charge is 0.303 e. The van der Waals surface area contributed by atoms with Crippen LogP contribution < -0.4 is 5.32 Å². The molecule has 0 radical (unpaired) electrons. The Kier molecular flexibility index (Phi) is 31.2. The van der Waals surface area contributed by atoms with E-state index >= 15 is 0 Å². The van der Waals surface area contributed by atoms with Gasteiger partial charge in [0.25, 0.3) is 0 Å². The largest absolute Gasteiger partial charge is 0.481 e. The third-order valence-corrected chi connectivity index (χ3v) is 10.7. The molecule has 5 atom stereocenters. The Morgan fingerprint density at radius 3 is 1.43 bits per heavy atom. The van der Waals surface area contributed by atoms with E-state index in [-0.39, 0.29) is 12.3 Å². The number of hydrogen-bond donors (Lipinski definition) is 5. The van der Waals surface area contributed by atoms with Crippen molar-refractivity contribution in [3.63, 3.8) is 0 Å². The lowest BCUT2D eigenvalue weighted by atomic mass is 9.94. The number of carboxylic acids is 1. The molecule has 0 aliphatic carbocycles. The Balaban J connectivity index is 2.63. The van der Waals surface area contributed by atoms with Crippen molar-refractivity contribution in [3.05, 3.63) is 0 Å². The zero-order chi connectivity index (χ0) is 37.4. The molecule has 0 spiro atoms. The summed E-state index contributed by atoms with van der Waals surface area (Å²) in [7, 11) is 0. The fourth-order valence-corrected chi connectivity index (χ4v) is 7.39. The number of aliphatic hydroxyl groups is 3. The van der Waals surface area contributed by atoms with Crippen molar-refractivity contribution in [3.8, 4) is 0 Å². The molecule has 1 saturated heterocycles. The molecule has 9 heteroatoms. The van der Waals surface area contributed by atoms with Gasteiger partial charge in [0.1, 0.15) is 18.3 Å². The van der Waals surface area contributed by atoms with Crippen molar-refractivity contribution in [2.75, 3.05) is 19.7 Å². The number of amides is 1. The lowest BCUT2D eigenvalue weighted by Crippen LogP contribution is -2.68. The molecule has 9 nitrogen and oxygen atoms in total. The Morgan fingerprint density at radius 2 is 0.980 bits per heavy atom. The molecule has 1 rings (SSSR count). The van der Waals surface area contributed by atoms with Crippen LogP contribution in [0.3, 0.4) is 0 Å². The quantitative estimate of drug-likeness (QED) is 0.0403. The molecule has 0 bridgehead atoms. The summed E-state index contributed by atoms with van der Waals surface area (Å²) in [6.45, 7) is 5.06. The highest BCUT2D eigenvalue weighted by Gasteiger charge is 2.47. The van der Waals surface area contributed by atoms with Gasteiger partial charge in [0.15, 0.2) is 6.23 Å². The highest BCUT2D eigenvalue weighted by atomic mass is 16.5. The van der Waals surface area contributed by atoms with Gasteiger partial charge in [-0.1, -0.05) is 168 Å². The van der Waals surface area contributed by atoms with Gasteiger partial charge in [0.05, 0.1) is 12.6 Å². The number of carboxylic acid groups (broad SMARTS) is 1. The van der Waals surface area contributed by atoms with Crippen LogP contribution in [0.2, 0.25) is 0 Å². The molecule has 0 aromatic carbocycles. The van der Waals surface area contributed by atoms with Gasteiger partial charge in [-0.15, -0.1) is 0 Å². The van der Waals surface area contributed by atoms with E-state index in [0.29, 0.717) is 32.4 Å². The molecule has 1 amide bonds. The molecule has 5 N–H and O–H groups in total. The van der Waals surface area contributed by atoms with Crippen molar-refractivity contribution in [1.29, 1.82) is 0 Å². The lowest BCUT2D eigenvalue weighted by molar-refractivity contribution is -0.231. The number of nitrogens with one attached hydrogen (secondary N) is 1. The minimum Gasteiger partial charge on any atom is -0.481 e. The van der Waals surface area contributed by atoms with Crippen LogP contribution in [0.5, 0.6) is 0 Å². The van der Waals surface area contributed by atoms with Crippen molar-refractivity contribution in [2.45, 2.75) is 237 Å². The van der Waals surface area contributed by atoms with Crippen molar-refractivity contribution >= 4 is 11.9 Å². The van der Waals surface area contributed by atoms with Gasteiger partial charge in [-0.3, -0.25) is 9.59 Å². The first-order valence-electron chi connectivity index (χ1n) is 21.7. The molecule has 1 fully saturated rings. The second-order valence-electron chi connectivity index (χ2n) is 15.4. The Morgan fingerprint density at radius 1 is 0.569 bits per heavy atom. The first kappa shape index (κ1) is 47.8. The van der Waals surface area contributed by atoms with Gasteiger partial charge in [-0.05, 0) is 32.2 Å². The summed E-state index contributed by atoms with van der Waals surface area (Å²) >= 11 is 0. The van der Waals surface area contributed by atoms with Crippen LogP contribution in [0, 0.1) is 0 Å². The second-order valence-corrected chi connectivity index (χ2v) is 15.4. The molecular formula is C42H82N2O7. The molecule has 1 aliphatic rings. The predicted octanol–water partition coefficient (Wildman–Crippen LogP) is 9.04. The maximum absolute atomic E-state index is 13.8. The van der Waals surface area contributed by atoms with Crippen LogP contribution in [0.15, 0.2) is 0 Å². The Bertz CT molecular complexity index is 816.